The van der Waals surface area contributed by atoms with Gasteiger partial charge in [-0.15, -0.1) is 0 Å². The van der Waals surface area contributed by atoms with E-state index in [1.165, 1.54) is 240 Å². The highest BCUT2D eigenvalue weighted by Crippen LogP contribution is 2.44. The minimum atomic E-state index is 1.27. The Bertz CT molecular complexity index is 8360. The van der Waals surface area contributed by atoms with Gasteiger partial charge in [-0.1, -0.05) is 471 Å². The average Bonchev–Trinajstić information content (AvgIpc) is 0.708. The minimum absolute atomic E-state index is 1.27. The first-order valence-electron chi connectivity index (χ1n) is 45.2. The molecule has 0 N–H and O–H groups in total. The van der Waals surface area contributed by atoms with E-state index in [1.54, 1.807) is 0 Å². The number of benzene rings is 25. The zero-order valence-corrected chi connectivity index (χ0v) is 74.2. The molecule has 25 rings (SSSR count). The van der Waals surface area contributed by atoms with Crippen molar-refractivity contribution < 1.29 is 0 Å². The van der Waals surface area contributed by atoms with Crippen molar-refractivity contribution >= 4 is 140 Å². The Labute approximate surface area is 761 Å². The predicted octanol–water partition coefficient (Wildman–Crippen LogP) is 37.0. The highest BCUT2D eigenvalue weighted by Gasteiger charge is 2.17. The highest BCUT2D eigenvalue weighted by atomic mass is 14.2. The summed E-state index contributed by atoms with van der Waals surface area (Å²) in [5, 5.41) is 34.3. The van der Waals surface area contributed by atoms with Crippen LogP contribution in [0.1, 0.15) is 33.4 Å². The summed E-state index contributed by atoms with van der Waals surface area (Å²) in [6.07, 6.45) is 0. The molecule has 0 aliphatic carbocycles. The van der Waals surface area contributed by atoms with Crippen LogP contribution in [0.3, 0.4) is 0 Å². The molecule has 0 spiro atoms. The molecule has 0 nitrogen and oxygen atoms in total. The summed E-state index contributed by atoms with van der Waals surface area (Å²) < 4.78 is 0. The zero-order valence-electron chi connectivity index (χ0n) is 74.2. The fraction of sp³-hybridized carbons (Fsp3) is 0.0462. The SMILES string of the molecule is Cc1ccc(-c2cc3ccccc3c3ccccc23)cc1.Cc1ccc(-c2ccc3c4ccccc4c4ccccc4c3c2)cc1.Cc1cccc(-c2c3ccccc3cc3ccccc23)c1.Cc1cccc(-c2cc3ccccc3c3ccccc23)c1.Cc1ccccc1-c1c2ccccc2cc2ccccc12.Cc1ccccc1-c1cc2ccccc2c2ccccc12. The van der Waals surface area contributed by atoms with E-state index >= 15 is 0 Å². The molecule has 0 saturated carbocycles. The van der Waals surface area contributed by atoms with Crippen LogP contribution in [-0.2, 0) is 0 Å². The molecule has 0 aliphatic rings. The third-order valence-corrected chi connectivity index (χ3v) is 25.8. The van der Waals surface area contributed by atoms with Crippen LogP contribution in [0.15, 0.2) is 485 Å². The fourth-order valence-corrected chi connectivity index (χ4v) is 19.4. The largest absolute Gasteiger partial charge is 0.0620 e. The van der Waals surface area contributed by atoms with Crippen LogP contribution in [0.5, 0.6) is 0 Å². The summed E-state index contributed by atoms with van der Waals surface area (Å²) >= 11 is 0. The molecule has 0 amide bonds. The van der Waals surface area contributed by atoms with Crippen molar-refractivity contribution in [3.63, 3.8) is 0 Å². The maximum Gasteiger partial charge on any atom is -0.00242 e. The van der Waals surface area contributed by atoms with Gasteiger partial charge >= 0.3 is 0 Å². The lowest BCUT2D eigenvalue weighted by molar-refractivity contribution is 1.47. The predicted molar refractivity (Wildman–Crippen MR) is 567 cm³/mol. The zero-order chi connectivity index (χ0) is 88.0. The number of aryl methyl sites for hydroxylation is 6. The normalized spacial score (nSPS) is 11.2. The van der Waals surface area contributed by atoms with Gasteiger partial charge in [-0.25, -0.2) is 0 Å². The van der Waals surface area contributed by atoms with Gasteiger partial charge in [0.15, 0.2) is 0 Å². The number of hydrogen-bond acceptors (Lipinski definition) is 0. The smallest absolute Gasteiger partial charge is 0.00242 e. The summed E-state index contributed by atoms with van der Waals surface area (Å²) in [5.41, 5.74) is 23.5. The van der Waals surface area contributed by atoms with Crippen molar-refractivity contribution in [3.8, 4) is 66.8 Å². The summed E-state index contributed by atoms with van der Waals surface area (Å²) in [4.78, 5) is 0. The van der Waals surface area contributed by atoms with E-state index in [4.69, 9.17) is 0 Å². The topological polar surface area (TPSA) is 0 Å². The van der Waals surface area contributed by atoms with Crippen LogP contribution in [0.2, 0.25) is 0 Å². The first-order chi connectivity index (χ1) is 64.0. The van der Waals surface area contributed by atoms with Gasteiger partial charge < -0.3 is 0 Å². The summed E-state index contributed by atoms with van der Waals surface area (Å²) in [7, 11) is 0. The van der Waals surface area contributed by atoms with Crippen LogP contribution in [0, 0.1) is 41.5 Å². The van der Waals surface area contributed by atoms with Crippen LogP contribution in [0.4, 0.5) is 0 Å². The molecular formula is C130H98. The molecule has 25 aromatic carbocycles. The standard InChI is InChI=1S/C25H18.5C21H16/c1-17-10-12-18(13-11-17)19-14-15-24-22-8-3-2-6-20(22)21-7-4-5-9-23(21)25(24)16-19;1-15-8-2-5-11-18(15)21-19-12-6-3-9-16(19)14-17-10-4-7-13-20(17)21;1-15-7-6-10-18(13-15)21-19-11-4-2-8-16(19)14-17-9-3-5-12-20(17)21;1-15-8-2-4-10-17(15)21-14-16-9-3-5-11-18(16)19-12-6-7-13-20(19)21;1-15-7-6-9-16(13-15)21-14-17-8-2-3-10-18(17)19-11-4-5-12-20(19)21;1-15-10-12-16(13-11-15)21-14-17-6-2-3-7-18(17)19-8-4-5-9-20(19)21/h2-16H,1H3;5*2-14H,1H3. The molecule has 130 heavy (non-hydrogen) atoms. The quantitative estimate of drug-likeness (QED) is 0.115. The Morgan fingerprint density at radius 2 is 0.377 bits per heavy atom. The van der Waals surface area contributed by atoms with Crippen molar-refractivity contribution in [2.75, 3.05) is 0 Å². The molecule has 25 aromatic rings. The Morgan fingerprint density at radius 1 is 0.108 bits per heavy atom. The fourth-order valence-electron chi connectivity index (χ4n) is 19.4. The summed E-state index contributed by atoms with van der Waals surface area (Å²) in [5.74, 6) is 0. The van der Waals surface area contributed by atoms with E-state index in [0.717, 1.165) is 0 Å². The van der Waals surface area contributed by atoms with Crippen LogP contribution < -0.4 is 0 Å². The molecule has 0 fully saturated rings. The second-order valence-electron chi connectivity index (χ2n) is 34.4. The Balaban J connectivity index is 0.0000000977. The summed E-state index contributed by atoms with van der Waals surface area (Å²) in [6, 6.07) is 175. The average molecular weight is 1660 g/mol. The van der Waals surface area contributed by atoms with E-state index in [9.17, 15) is 0 Å². The molecule has 0 aliphatic heterocycles. The van der Waals surface area contributed by atoms with Crippen LogP contribution >= 0.6 is 0 Å². The Morgan fingerprint density at radius 3 is 0.777 bits per heavy atom. The van der Waals surface area contributed by atoms with Gasteiger partial charge in [-0.05, 0) is 296 Å². The second kappa shape index (κ2) is 36.8. The van der Waals surface area contributed by atoms with Gasteiger partial charge in [0, 0.05) is 0 Å². The summed E-state index contributed by atoms with van der Waals surface area (Å²) in [6.45, 7) is 12.9. The number of hydrogen-bond donors (Lipinski definition) is 0. The van der Waals surface area contributed by atoms with Gasteiger partial charge in [0.25, 0.3) is 0 Å². The minimum Gasteiger partial charge on any atom is -0.0620 e. The van der Waals surface area contributed by atoms with Crippen LogP contribution in [-0.4, -0.2) is 0 Å². The van der Waals surface area contributed by atoms with E-state index in [-0.39, 0.29) is 0 Å². The number of fused-ring (bicyclic) bond motifs is 19. The molecule has 0 unspecified atom stereocenters. The van der Waals surface area contributed by atoms with Crippen molar-refractivity contribution in [3.05, 3.63) is 519 Å². The molecular weight excluding hydrogens is 1560 g/mol. The van der Waals surface area contributed by atoms with Gasteiger partial charge in [0.05, 0.1) is 0 Å². The van der Waals surface area contributed by atoms with E-state index in [1.807, 2.05) is 0 Å². The first kappa shape index (κ1) is 82.2. The molecule has 0 heterocycles. The van der Waals surface area contributed by atoms with Crippen LogP contribution in [0.25, 0.3) is 207 Å². The first-order valence-corrected chi connectivity index (χ1v) is 45.2. The number of rotatable bonds is 6. The van der Waals surface area contributed by atoms with Gasteiger partial charge in [0.1, 0.15) is 0 Å². The molecule has 0 heteroatoms. The third-order valence-electron chi connectivity index (χ3n) is 25.8. The third kappa shape index (κ3) is 16.7. The van der Waals surface area contributed by atoms with E-state index < -0.39 is 0 Å². The van der Waals surface area contributed by atoms with Gasteiger partial charge in [-0.3, -0.25) is 0 Å². The van der Waals surface area contributed by atoms with Crippen molar-refractivity contribution in [2.45, 2.75) is 41.5 Å². The van der Waals surface area contributed by atoms with Gasteiger partial charge in [0.2, 0.25) is 0 Å². The maximum atomic E-state index is 2.34. The monoisotopic (exact) mass is 1660 g/mol. The van der Waals surface area contributed by atoms with Gasteiger partial charge in [-0.2, -0.15) is 0 Å². The second-order valence-corrected chi connectivity index (χ2v) is 34.4. The molecule has 0 radical (unpaired) electrons. The lowest BCUT2D eigenvalue weighted by Crippen LogP contribution is -1.87. The Kier molecular flexibility index (Phi) is 23.3. The Hall–Kier alpha value is -16.1. The van der Waals surface area contributed by atoms with E-state index in [2.05, 4.69) is 527 Å². The lowest BCUT2D eigenvalue weighted by atomic mass is 9.90. The maximum absolute atomic E-state index is 2.34. The lowest BCUT2D eigenvalue weighted by Gasteiger charge is -2.13. The molecule has 618 valence electrons. The van der Waals surface area contributed by atoms with Crippen molar-refractivity contribution in [1.29, 1.82) is 0 Å². The van der Waals surface area contributed by atoms with E-state index in [0.29, 0.717) is 0 Å². The van der Waals surface area contributed by atoms with Crippen molar-refractivity contribution in [2.24, 2.45) is 0 Å². The molecule has 0 bridgehead atoms. The molecule has 0 aromatic heterocycles. The molecule has 0 saturated heterocycles. The highest BCUT2D eigenvalue weighted by molar-refractivity contribution is 6.26. The molecule has 0 atom stereocenters. The van der Waals surface area contributed by atoms with Crippen molar-refractivity contribution in [1.82, 2.24) is 0 Å².